The zero-order valence-electron chi connectivity index (χ0n) is 14.8. The van der Waals surface area contributed by atoms with E-state index in [1.807, 2.05) is 31.2 Å². The third kappa shape index (κ3) is 3.73. The maximum atomic E-state index is 9.05. The van der Waals surface area contributed by atoms with Gasteiger partial charge in [-0.1, -0.05) is 11.8 Å². The van der Waals surface area contributed by atoms with Crippen LogP contribution in [0.4, 0.5) is 0 Å². The molecule has 1 unspecified atom stereocenters. The van der Waals surface area contributed by atoms with Gasteiger partial charge in [0.05, 0.1) is 25.4 Å². The number of aliphatic hydroxyl groups is 1. The molecule has 0 bridgehead atoms. The van der Waals surface area contributed by atoms with Crippen LogP contribution in [0.2, 0.25) is 0 Å². The van der Waals surface area contributed by atoms with Gasteiger partial charge in [0.2, 0.25) is 0 Å². The molecule has 1 aromatic heterocycles. The Labute approximate surface area is 148 Å². The van der Waals surface area contributed by atoms with Gasteiger partial charge in [-0.2, -0.15) is 0 Å². The van der Waals surface area contributed by atoms with Crippen LogP contribution in [-0.2, 0) is 11.2 Å². The molecule has 132 valence electrons. The van der Waals surface area contributed by atoms with Crippen molar-refractivity contribution >= 4 is 0 Å². The maximum Gasteiger partial charge on any atom is 0.150 e. The standard InChI is InChI=1S/C21H24O4/c1-3-24-18-8-6-9-19-20(18)17(7-4-5-14-22)21(25-19)15-10-12-16(23-2)13-11-15/h10-13,18,22H,3,5-6,8-9,14H2,1-2H3. The fourth-order valence-corrected chi connectivity index (χ4v) is 3.25. The average Bonchev–Trinajstić information content (AvgIpc) is 3.02. The Bertz CT molecular complexity index is 762. The minimum absolute atomic E-state index is 0.0305. The van der Waals surface area contributed by atoms with Gasteiger partial charge in [-0.15, -0.1) is 0 Å². The molecule has 2 aromatic rings. The number of ether oxygens (including phenoxy) is 2. The first-order valence-electron chi connectivity index (χ1n) is 8.79. The van der Waals surface area contributed by atoms with Gasteiger partial charge in [-0.3, -0.25) is 0 Å². The molecule has 0 aliphatic heterocycles. The van der Waals surface area contributed by atoms with E-state index in [1.165, 1.54) is 0 Å². The summed E-state index contributed by atoms with van der Waals surface area (Å²) in [6.45, 7) is 2.73. The van der Waals surface area contributed by atoms with Crippen LogP contribution in [0.1, 0.15) is 49.2 Å². The van der Waals surface area contributed by atoms with Crippen molar-refractivity contribution in [3.8, 4) is 28.9 Å². The molecule has 1 heterocycles. The number of rotatable bonds is 5. The van der Waals surface area contributed by atoms with Gasteiger partial charge in [0.15, 0.2) is 0 Å². The number of aryl methyl sites for hydroxylation is 1. The van der Waals surface area contributed by atoms with Gasteiger partial charge < -0.3 is 19.0 Å². The van der Waals surface area contributed by atoms with E-state index in [0.717, 1.165) is 53.2 Å². The highest BCUT2D eigenvalue weighted by atomic mass is 16.5. The number of benzene rings is 1. The fourth-order valence-electron chi connectivity index (χ4n) is 3.25. The predicted octanol–water partition coefficient (Wildman–Crippen LogP) is 4.10. The maximum absolute atomic E-state index is 9.05. The lowest BCUT2D eigenvalue weighted by Crippen LogP contribution is -2.12. The number of aliphatic hydroxyl groups excluding tert-OH is 1. The van der Waals surface area contributed by atoms with Crippen molar-refractivity contribution in [3.05, 3.63) is 41.2 Å². The number of methoxy groups -OCH3 is 1. The molecule has 25 heavy (non-hydrogen) atoms. The molecule has 3 rings (SSSR count). The van der Waals surface area contributed by atoms with Gasteiger partial charge in [0.1, 0.15) is 17.3 Å². The van der Waals surface area contributed by atoms with E-state index in [1.54, 1.807) is 7.11 Å². The number of furan rings is 1. The monoisotopic (exact) mass is 340 g/mol. The molecule has 0 amide bonds. The minimum Gasteiger partial charge on any atom is -0.497 e. The zero-order valence-corrected chi connectivity index (χ0v) is 14.8. The normalized spacial score (nSPS) is 16.0. The largest absolute Gasteiger partial charge is 0.497 e. The number of fused-ring (bicyclic) bond motifs is 1. The van der Waals surface area contributed by atoms with Crippen molar-refractivity contribution in [2.75, 3.05) is 20.3 Å². The van der Waals surface area contributed by atoms with Crippen LogP contribution >= 0.6 is 0 Å². The van der Waals surface area contributed by atoms with E-state index in [9.17, 15) is 0 Å². The Morgan fingerprint density at radius 1 is 1.28 bits per heavy atom. The number of hydrogen-bond donors (Lipinski definition) is 1. The van der Waals surface area contributed by atoms with Crippen molar-refractivity contribution in [1.29, 1.82) is 0 Å². The Morgan fingerprint density at radius 2 is 2.08 bits per heavy atom. The molecule has 1 aromatic carbocycles. The van der Waals surface area contributed by atoms with E-state index < -0.39 is 0 Å². The van der Waals surface area contributed by atoms with E-state index in [2.05, 4.69) is 11.8 Å². The molecule has 0 saturated carbocycles. The van der Waals surface area contributed by atoms with E-state index in [4.69, 9.17) is 19.0 Å². The van der Waals surface area contributed by atoms with E-state index in [-0.39, 0.29) is 12.7 Å². The van der Waals surface area contributed by atoms with E-state index >= 15 is 0 Å². The third-order valence-electron chi connectivity index (χ3n) is 4.38. The molecule has 0 spiro atoms. The molecular formula is C21H24O4. The molecule has 1 aliphatic carbocycles. The smallest absolute Gasteiger partial charge is 0.150 e. The highest BCUT2D eigenvalue weighted by Crippen LogP contribution is 2.41. The van der Waals surface area contributed by atoms with Crippen molar-refractivity contribution in [1.82, 2.24) is 0 Å². The van der Waals surface area contributed by atoms with Crippen LogP contribution < -0.4 is 4.74 Å². The topological polar surface area (TPSA) is 51.8 Å². The molecule has 1 N–H and O–H groups in total. The summed E-state index contributed by atoms with van der Waals surface area (Å²) in [6, 6.07) is 7.80. The summed E-state index contributed by atoms with van der Waals surface area (Å²) in [5.74, 6) is 8.83. The van der Waals surface area contributed by atoms with Crippen LogP contribution in [0, 0.1) is 11.8 Å². The second-order valence-corrected chi connectivity index (χ2v) is 5.98. The Morgan fingerprint density at radius 3 is 2.76 bits per heavy atom. The molecule has 4 heteroatoms. The molecule has 1 aliphatic rings. The predicted molar refractivity (Wildman–Crippen MR) is 96.6 cm³/mol. The van der Waals surface area contributed by atoms with Crippen molar-refractivity contribution in [2.45, 2.75) is 38.7 Å². The van der Waals surface area contributed by atoms with Crippen LogP contribution in [-0.4, -0.2) is 25.4 Å². The summed E-state index contributed by atoms with van der Waals surface area (Å²) in [6.07, 6.45) is 3.42. The first-order valence-corrected chi connectivity index (χ1v) is 8.79. The average molecular weight is 340 g/mol. The van der Waals surface area contributed by atoms with Gasteiger partial charge in [-0.25, -0.2) is 0 Å². The zero-order chi connectivity index (χ0) is 17.6. The van der Waals surface area contributed by atoms with Crippen LogP contribution in [0.3, 0.4) is 0 Å². The molecule has 1 atom stereocenters. The summed E-state index contributed by atoms with van der Waals surface area (Å²) in [5.41, 5.74) is 2.95. The third-order valence-corrected chi connectivity index (χ3v) is 4.38. The van der Waals surface area contributed by atoms with Crippen molar-refractivity contribution in [3.63, 3.8) is 0 Å². The fraction of sp³-hybridized carbons (Fsp3) is 0.429. The molecule has 0 fully saturated rings. The summed E-state index contributed by atoms with van der Waals surface area (Å²) in [4.78, 5) is 0. The number of hydrogen-bond acceptors (Lipinski definition) is 4. The second-order valence-electron chi connectivity index (χ2n) is 5.98. The summed E-state index contributed by atoms with van der Waals surface area (Å²) in [7, 11) is 1.65. The summed E-state index contributed by atoms with van der Waals surface area (Å²) < 4.78 is 17.4. The van der Waals surface area contributed by atoms with Gasteiger partial charge in [0, 0.05) is 30.6 Å². The van der Waals surface area contributed by atoms with Crippen molar-refractivity contribution in [2.24, 2.45) is 0 Å². The molecule has 4 nitrogen and oxygen atoms in total. The first-order chi connectivity index (χ1) is 12.3. The Hall–Kier alpha value is -2.22. The SMILES string of the molecule is CCOC1CCCc2oc(-c3ccc(OC)cc3)c(C#CCCO)c21. The Balaban J connectivity index is 2.09. The van der Waals surface area contributed by atoms with Crippen LogP contribution in [0.25, 0.3) is 11.3 Å². The minimum atomic E-state index is 0.0305. The highest BCUT2D eigenvalue weighted by molar-refractivity contribution is 5.70. The molecule has 0 saturated heterocycles. The van der Waals surface area contributed by atoms with Crippen LogP contribution in [0.15, 0.2) is 28.7 Å². The first kappa shape index (κ1) is 17.6. The van der Waals surface area contributed by atoms with Gasteiger partial charge in [0.25, 0.3) is 0 Å². The molecular weight excluding hydrogens is 316 g/mol. The van der Waals surface area contributed by atoms with Gasteiger partial charge in [-0.05, 0) is 44.0 Å². The summed E-state index contributed by atoms with van der Waals surface area (Å²) in [5, 5.41) is 9.05. The Kier molecular flexibility index (Phi) is 5.80. The lowest BCUT2D eigenvalue weighted by molar-refractivity contribution is 0.0481. The second kappa shape index (κ2) is 8.24. The highest BCUT2D eigenvalue weighted by Gasteiger charge is 2.30. The van der Waals surface area contributed by atoms with E-state index in [0.29, 0.717) is 13.0 Å². The summed E-state index contributed by atoms with van der Waals surface area (Å²) >= 11 is 0. The van der Waals surface area contributed by atoms with Gasteiger partial charge >= 0.3 is 0 Å². The van der Waals surface area contributed by atoms with Crippen molar-refractivity contribution < 1.29 is 19.0 Å². The lowest BCUT2D eigenvalue weighted by atomic mass is 9.91. The lowest BCUT2D eigenvalue weighted by Gasteiger charge is -2.21. The molecule has 0 radical (unpaired) electrons. The quantitative estimate of drug-likeness (QED) is 0.833. The van der Waals surface area contributed by atoms with Crippen LogP contribution in [0.5, 0.6) is 5.75 Å².